The number of phosphoric ester groups is 1. The fourth-order valence-corrected chi connectivity index (χ4v) is 5.62. The Kier molecular flexibility index (Phi) is 14.5. The molecule has 1 saturated heterocycles. The van der Waals surface area contributed by atoms with Crippen LogP contribution in [0.5, 0.6) is 0 Å². The highest BCUT2D eigenvalue weighted by Gasteiger charge is 2.37. The number of aliphatic hydroxyl groups is 1. The number of hydrogen-bond acceptors (Lipinski definition) is 10. The van der Waals surface area contributed by atoms with Crippen molar-refractivity contribution < 1.29 is 52.7 Å². The summed E-state index contributed by atoms with van der Waals surface area (Å²) in [5, 5.41) is 19.6. The second-order valence-corrected chi connectivity index (χ2v) is 12.9. The van der Waals surface area contributed by atoms with Crippen LogP contribution >= 0.6 is 7.82 Å². The summed E-state index contributed by atoms with van der Waals surface area (Å²) >= 11 is 0. The van der Waals surface area contributed by atoms with Gasteiger partial charge in [0.2, 0.25) is 35.4 Å². The lowest BCUT2D eigenvalue weighted by Crippen LogP contribution is -2.61. The molecule has 264 valence electrons. The Morgan fingerprint density at radius 2 is 1.62 bits per heavy atom. The minimum Gasteiger partial charge on any atom is -0.394 e. The second-order valence-electron chi connectivity index (χ2n) is 11.7. The molecule has 0 unspecified atom stereocenters. The fourth-order valence-electron chi connectivity index (χ4n) is 5.06. The molecular weight excluding hydrogens is 643 g/mol. The summed E-state index contributed by atoms with van der Waals surface area (Å²) in [6.45, 7) is 5.51. The van der Waals surface area contributed by atoms with Crippen molar-refractivity contribution in [3.8, 4) is 0 Å². The summed E-state index contributed by atoms with van der Waals surface area (Å²) < 4.78 is 17.2. The average Bonchev–Trinajstić information content (AvgIpc) is 3.61. The molecule has 6 atom stereocenters. The maximum absolute atomic E-state index is 13.6. The number of aromatic nitrogens is 2. The predicted molar refractivity (Wildman–Crippen MR) is 163 cm³/mol. The van der Waals surface area contributed by atoms with Gasteiger partial charge in [0.15, 0.2) is 0 Å². The molecule has 6 amide bonds. The Hall–Kier alpha value is -3.90. The molecule has 19 nitrogen and oxygen atoms in total. The zero-order valence-electron chi connectivity index (χ0n) is 26.9. The number of carbonyl (C=O) groups excluding carboxylic acids is 6. The number of primary amides is 1. The average molecular weight is 689 g/mol. The van der Waals surface area contributed by atoms with Crippen LogP contribution in [0.1, 0.15) is 52.8 Å². The van der Waals surface area contributed by atoms with E-state index in [1.165, 1.54) is 18.0 Å². The fraction of sp³-hybridized carbons (Fsp3) is 0.667. The molecule has 1 aromatic rings. The lowest BCUT2D eigenvalue weighted by atomic mass is 10.0. The Morgan fingerprint density at radius 1 is 1.02 bits per heavy atom. The summed E-state index contributed by atoms with van der Waals surface area (Å²) in [7, 11) is -3.43. The highest BCUT2D eigenvalue weighted by atomic mass is 31.2. The van der Waals surface area contributed by atoms with Gasteiger partial charge in [-0.15, -0.1) is 0 Å². The van der Waals surface area contributed by atoms with E-state index in [1.54, 1.807) is 17.8 Å². The maximum Gasteiger partial charge on any atom is 0.469 e. The van der Waals surface area contributed by atoms with Crippen molar-refractivity contribution in [1.29, 1.82) is 0 Å². The lowest BCUT2D eigenvalue weighted by molar-refractivity contribution is -0.139. The Labute approximate surface area is 271 Å². The number of nitrogens with zero attached hydrogens (tertiary/aromatic N) is 3. The first-order valence-corrected chi connectivity index (χ1v) is 16.5. The summed E-state index contributed by atoms with van der Waals surface area (Å²) in [5.41, 5.74) is 5.26. The van der Waals surface area contributed by atoms with Crippen molar-refractivity contribution in [3.63, 3.8) is 0 Å². The van der Waals surface area contributed by atoms with E-state index in [1.807, 2.05) is 13.8 Å². The summed E-state index contributed by atoms with van der Waals surface area (Å²) in [6, 6.07) is -6.70. The van der Waals surface area contributed by atoms with Crippen molar-refractivity contribution in [2.24, 2.45) is 18.7 Å². The molecule has 9 N–H and O–H groups in total. The normalized spacial score (nSPS) is 18.1. The quantitative estimate of drug-likeness (QED) is 0.0757. The van der Waals surface area contributed by atoms with Crippen molar-refractivity contribution in [2.45, 2.75) is 89.7 Å². The molecule has 0 saturated carbocycles. The van der Waals surface area contributed by atoms with Gasteiger partial charge in [-0.3, -0.25) is 33.3 Å². The Bertz CT molecular complexity index is 1350. The standard InChI is InChI=1S/C27H45N8O11P/c1-14(2)11-17(31-27(42)20-7-6-9-35(20)16(4)37)24(39)30-18(12-21-29-8-10-34(21)5)25(40)32-19(13-36)26(41)33-22(23(28)38)15(3)46-47(43,44)45/h8,10,14-15,17-20,22,36H,6-7,9,11-13H2,1-5H3,(H2,28,38)(H,30,39)(H,31,42)(H,32,40)(H,33,41)(H2,43,44,45)/t15-,17+,18+,19+,20+,22+/m1/s1. The lowest BCUT2D eigenvalue weighted by Gasteiger charge is -2.28. The molecule has 0 radical (unpaired) electrons. The van der Waals surface area contributed by atoms with Crippen LogP contribution in [-0.2, 0) is 51.3 Å². The molecule has 1 aromatic heterocycles. The van der Waals surface area contributed by atoms with E-state index in [9.17, 15) is 38.4 Å². The summed E-state index contributed by atoms with van der Waals surface area (Å²) in [4.78, 5) is 101. The molecule has 0 spiro atoms. The molecule has 0 aliphatic carbocycles. The van der Waals surface area contributed by atoms with Crippen LogP contribution in [0.25, 0.3) is 0 Å². The summed E-state index contributed by atoms with van der Waals surface area (Å²) in [5.74, 6) is -4.53. The van der Waals surface area contributed by atoms with Crippen molar-refractivity contribution in [2.75, 3.05) is 13.2 Å². The van der Waals surface area contributed by atoms with Crippen LogP contribution in [0.3, 0.4) is 0 Å². The molecule has 2 rings (SSSR count). The monoisotopic (exact) mass is 688 g/mol. The van der Waals surface area contributed by atoms with Gasteiger partial charge in [-0.2, -0.15) is 0 Å². The zero-order chi connectivity index (χ0) is 35.6. The van der Waals surface area contributed by atoms with Gasteiger partial charge in [-0.25, -0.2) is 9.55 Å². The first-order valence-electron chi connectivity index (χ1n) is 14.9. The number of hydrogen-bond donors (Lipinski definition) is 8. The first-order chi connectivity index (χ1) is 21.8. The molecule has 1 aliphatic rings. The van der Waals surface area contributed by atoms with E-state index in [0.717, 1.165) is 6.92 Å². The van der Waals surface area contributed by atoms with Crippen LogP contribution < -0.4 is 27.0 Å². The van der Waals surface area contributed by atoms with Crippen LogP contribution in [0.4, 0.5) is 0 Å². The van der Waals surface area contributed by atoms with Gasteiger partial charge in [-0.05, 0) is 32.1 Å². The molecule has 2 heterocycles. The van der Waals surface area contributed by atoms with Gasteiger partial charge in [-0.1, -0.05) is 13.8 Å². The number of imidazole rings is 1. The van der Waals surface area contributed by atoms with E-state index < -0.39 is 80.3 Å². The zero-order valence-corrected chi connectivity index (χ0v) is 27.8. The number of amides is 6. The number of rotatable bonds is 17. The van der Waals surface area contributed by atoms with Crippen molar-refractivity contribution in [3.05, 3.63) is 18.2 Å². The van der Waals surface area contributed by atoms with Gasteiger partial charge in [0, 0.05) is 39.3 Å². The molecule has 0 bridgehead atoms. The van der Waals surface area contributed by atoms with Gasteiger partial charge in [0.1, 0.15) is 36.0 Å². The first kappa shape index (κ1) is 39.3. The third kappa shape index (κ3) is 12.0. The number of nitrogens with one attached hydrogen (secondary N) is 4. The van der Waals surface area contributed by atoms with Gasteiger partial charge in [0.25, 0.3) is 0 Å². The van der Waals surface area contributed by atoms with E-state index in [4.69, 9.17) is 15.5 Å². The topological polar surface area (TPSA) is 285 Å². The van der Waals surface area contributed by atoms with Gasteiger partial charge < -0.3 is 51.4 Å². The maximum atomic E-state index is 13.6. The number of carbonyl (C=O) groups is 6. The second kappa shape index (κ2) is 17.3. The Morgan fingerprint density at radius 3 is 2.13 bits per heavy atom. The number of aliphatic hydroxyl groups excluding tert-OH is 1. The van der Waals surface area contributed by atoms with Crippen LogP contribution in [0.15, 0.2) is 12.4 Å². The SMILES string of the molecule is CC(=O)N1CCC[C@H]1C(=O)N[C@@H](CC(C)C)C(=O)N[C@@H](Cc1nccn1C)C(=O)N[C@@H](CO)C(=O)N[C@H](C(N)=O)[C@@H](C)OP(=O)(O)O. The van der Waals surface area contributed by atoms with Gasteiger partial charge >= 0.3 is 7.82 Å². The van der Waals surface area contributed by atoms with E-state index >= 15 is 0 Å². The number of aryl methyl sites for hydroxylation is 1. The van der Waals surface area contributed by atoms with Crippen LogP contribution in [0.2, 0.25) is 0 Å². The third-order valence-corrected chi connectivity index (χ3v) is 8.04. The van der Waals surface area contributed by atoms with Crippen molar-refractivity contribution in [1.82, 2.24) is 35.7 Å². The highest BCUT2D eigenvalue weighted by molar-refractivity contribution is 7.46. The van der Waals surface area contributed by atoms with E-state index in [0.29, 0.717) is 25.2 Å². The molecule has 47 heavy (non-hydrogen) atoms. The number of likely N-dealkylation sites (tertiary alicyclic amines) is 1. The highest BCUT2D eigenvalue weighted by Crippen LogP contribution is 2.38. The molecular formula is C27H45N8O11P. The minimum absolute atomic E-state index is 0.0713. The van der Waals surface area contributed by atoms with E-state index in [2.05, 4.69) is 30.8 Å². The largest absolute Gasteiger partial charge is 0.469 e. The number of nitrogens with two attached hydrogens (primary N) is 1. The van der Waals surface area contributed by atoms with Gasteiger partial charge in [0.05, 0.1) is 12.7 Å². The molecule has 1 fully saturated rings. The number of phosphoric acid groups is 1. The molecule has 20 heteroatoms. The predicted octanol–water partition coefficient (Wildman–Crippen LogP) is -3.07. The van der Waals surface area contributed by atoms with Crippen LogP contribution in [0, 0.1) is 5.92 Å². The van der Waals surface area contributed by atoms with Crippen molar-refractivity contribution >= 4 is 43.3 Å². The molecule has 0 aromatic carbocycles. The minimum atomic E-state index is -5.08. The Balaban J connectivity index is 2.27. The summed E-state index contributed by atoms with van der Waals surface area (Å²) in [6.07, 6.45) is 2.53. The molecule has 1 aliphatic heterocycles. The smallest absolute Gasteiger partial charge is 0.394 e. The van der Waals surface area contributed by atoms with E-state index in [-0.39, 0.29) is 24.7 Å². The third-order valence-electron chi connectivity index (χ3n) is 7.43. The van der Waals surface area contributed by atoms with Crippen LogP contribution in [-0.4, -0.2) is 114 Å².